The first-order valence-electron chi connectivity index (χ1n) is 11.6. The van der Waals surface area contributed by atoms with Gasteiger partial charge >= 0.3 is 6.18 Å². The molecule has 3 aromatic rings. The normalized spacial score (nSPS) is 13.2. The van der Waals surface area contributed by atoms with Crippen LogP contribution in [0.2, 0.25) is 0 Å². The van der Waals surface area contributed by atoms with E-state index in [9.17, 15) is 34.8 Å². The number of sulfonamides is 1. The second-order valence-corrected chi connectivity index (χ2v) is 11.8. The van der Waals surface area contributed by atoms with Gasteiger partial charge in [0.15, 0.2) is 0 Å². The molecule has 3 N–H and O–H groups in total. The Kier molecular flexibility index (Phi) is 9.48. The lowest BCUT2D eigenvalue weighted by molar-refractivity contribution is -0.139. The first kappa shape index (κ1) is 30.2. The van der Waals surface area contributed by atoms with E-state index in [0.29, 0.717) is 11.6 Å². The van der Waals surface area contributed by atoms with Crippen LogP contribution in [0.1, 0.15) is 42.0 Å². The van der Waals surface area contributed by atoms with E-state index in [-0.39, 0.29) is 19.3 Å². The van der Waals surface area contributed by atoms with Gasteiger partial charge in [-0.1, -0.05) is 30.3 Å². The lowest BCUT2D eigenvalue weighted by Crippen LogP contribution is -2.31. The highest BCUT2D eigenvalue weighted by Gasteiger charge is 2.37. The van der Waals surface area contributed by atoms with Crippen molar-refractivity contribution in [1.29, 1.82) is 0 Å². The average Bonchev–Trinajstić information content (AvgIpc) is 2.86. The van der Waals surface area contributed by atoms with Crippen LogP contribution in [0.5, 0.6) is 0 Å². The number of carbonyl (C=O) groups is 1. The Hall–Kier alpha value is -3.33. The number of carbonyl (C=O) groups excluding carboxylic acids is 1. The maximum atomic E-state index is 13.6. The first-order valence-corrected chi connectivity index (χ1v) is 14.7. The molecule has 0 saturated heterocycles. The lowest BCUT2D eigenvalue weighted by Gasteiger charge is -2.22. The number of nitrogens with zero attached hydrogens (tertiary/aromatic N) is 1. The minimum atomic E-state index is -4.91. The summed E-state index contributed by atoms with van der Waals surface area (Å²) >= 11 is 0. The van der Waals surface area contributed by atoms with E-state index < -0.39 is 54.6 Å². The molecule has 1 amide bonds. The van der Waals surface area contributed by atoms with Gasteiger partial charge in [0.2, 0.25) is 15.9 Å². The third-order valence-electron chi connectivity index (χ3n) is 5.75. The Labute approximate surface area is 224 Å². The molecule has 1 heterocycles. The predicted octanol–water partition coefficient (Wildman–Crippen LogP) is 4.23. The van der Waals surface area contributed by atoms with Crippen LogP contribution < -0.4 is 10.0 Å². The largest absolute Gasteiger partial charge is 0.417 e. The minimum Gasteiger partial charge on any atom is -0.340 e. The number of amides is 1. The molecule has 9 nitrogen and oxygen atoms in total. The molecule has 0 spiro atoms. The van der Waals surface area contributed by atoms with Crippen LogP contribution in [-0.2, 0) is 31.1 Å². The molecule has 0 aliphatic heterocycles. The van der Waals surface area contributed by atoms with Crippen molar-refractivity contribution in [3.8, 4) is 11.1 Å². The van der Waals surface area contributed by atoms with E-state index in [0.717, 1.165) is 28.8 Å². The maximum Gasteiger partial charge on any atom is 0.417 e. The van der Waals surface area contributed by atoms with E-state index in [1.54, 1.807) is 42.7 Å². The molecule has 2 aromatic carbocycles. The first-order chi connectivity index (χ1) is 18.2. The minimum absolute atomic E-state index is 0.00844. The van der Waals surface area contributed by atoms with Crippen LogP contribution in [0.25, 0.3) is 11.1 Å². The molecular formula is C25H26F3N3O6S2. The quantitative estimate of drug-likeness (QED) is 0.286. The number of hydrogen-bond donors (Lipinski definition) is 3. The van der Waals surface area contributed by atoms with Crippen molar-refractivity contribution in [2.75, 3.05) is 5.88 Å². The summed E-state index contributed by atoms with van der Waals surface area (Å²) in [6.45, 7) is 1.84. The average molecular weight is 586 g/mol. The monoisotopic (exact) mass is 585 g/mol. The fourth-order valence-electron chi connectivity index (χ4n) is 3.93. The van der Waals surface area contributed by atoms with Gasteiger partial charge in [0.1, 0.15) is 5.88 Å². The molecule has 39 heavy (non-hydrogen) atoms. The second-order valence-electron chi connectivity index (χ2n) is 8.70. The Morgan fingerprint density at radius 3 is 2.44 bits per heavy atom. The third-order valence-corrected chi connectivity index (χ3v) is 7.79. The van der Waals surface area contributed by atoms with Crippen molar-refractivity contribution in [1.82, 2.24) is 15.0 Å². The molecule has 0 saturated carbocycles. The predicted molar refractivity (Wildman–Crippen MR) is 137 cm³/mol. The summed E-state index contributed by atoms with van der Waals surface area (Å²) in [6.07, 6.45) is -1.86. The van der Waals surface area contributed by atoms with Crippen LogP contribution >= 0.6 is 0 Å². The van der Waals surface area contributed by atoms with Crippen LogP contribution in [0, 0.1) is 6.92 Å². The molecule has 0 aliphatic rings. The molecular weight excluding hydrogens is 559 g/mol. The summed E-state index contributed by atoms with van der Waals surface area (Å²) in [5.41, 5.74) is 1.51. The lowest BCUT2D eigenvalue weighted by atomic mass is 9.96. The third kappa shape index (κ3) is 8.58. The summed E-state index contributed by atoms with van der Waals surface area (Å²) in [7, 11) is -9.11. The molecule has 0 fully saturated rings. The zero-order valence-electron chi connectivity index (χ0n) is 20.6. The molecule has 0 radical (unpaired) electrons. The van der Waals surface area contributed by atoms with Crippen molar-refractivity contribution >= 4 is 26.0 Å². The molecule has 14 heteroatoms. The van der Waals surface area contributed by atoms with E-state index >= 15 is 0 Å². The van der Waals surface area contributed by atoms with Crippen LogP contribution in [0.4, 0.5) is 13.2 Å². The van der Waals surface area contributed by atoms with E-state index in [1.807, 2.05) is 12.2 Å². The number of halogens is 3. The summed E-state index contributed by atoms with van der Waals surface area (Å²) in [5, 5.41) is 2.02. The number of aryl methyl sites for hydroxylation is 1. The Bertz CT molecular complexity index is 1540. The highest BCUT2D eigenvalue weighted by atomic mass is 32.2. The summed E-state index contributed by atoms with van der Waals surface area (Å²) < 4.78 is 99.9. The van der Waals surface area contributed by atoms with Crippen molar-refractivity contribution in [2.24, 2.45) is 0 Å². The van der Waals surface area contributed by atoms with Crippen molar-refractivity contribution in [2.45, 2.75) is 43.3 Å². The number of rotatable bonds is 11. The van der Waals surface area contributed by atoms with Gasteiger partial charge in [-0.2, -0.15) is 21.6 Å². The van der Waals surface area contributed by atoms with Gasteiger partial charge in [-0.15, -0.1) is 0 Å². The Morgan fingerprint density at radius 1 is 1.05 bits per heavy atom. The van der Waals surface area contributed by atoms with Gasteiger partial charge in [-0.3, -0.25) is 14.3 Å². The van der Waals surface area contributed by atoms with Gasteiger partial charge in [0.05, 0.1) is 10.5 Å². The SMILES string of the molecule is Cc1cnccc1-c1cccc([C@H](CCCC(=O)NCS(=O)(=O)O)NS(=O)(=O)c2ccccc2C(F)(F)F)c1. The van der Waals surface area contributed by atoms with Gasteiger partial charge in [0, 0.05) is 24.9 Å². The smallest absolute Gasteiger partial charge is 0.340 e. The zero-order chi connectivity index (χ0) is 28.8. The number of pyridine rings is 1. The summed E-state index contributed by atoms with van der Waals surface area (Å²) in [5.74, 6) is -1.69. The van der Waals surface area contributed by atoms with Crippen molar-refractivity contribution in [3.63, 3.8) is 0 Å². The number of alkyl halides is 3. The van der Waals surface area contributed by atoms with Gasteiger partial charge < -0.3 is 5.32 Å². The van der Waals surface area contributed by atoms with Gasteiger partial charge in [0.25, 0.3) is 10.1 Å². The summed E-state index contributed by atoms with van der Waals surface area (Å²) in [6, 6.07) is 11.3. The van der Waals surface area contributed by atoms with Crippen LogP contribution in [0.3, 0.4) is 0 Å². The zero-order valence-corrected chi connectivity index (χ0v) is 22.3. The van der Waals surface area contributed by atoms with Crippen LogP contribution in [-0.4, -0.2) is 38.2 Å². The van der Waals surface area contributed by atoms with Crippen LogP contribution in [0.15, 0.2) is 71.9 Å². The molecule has 1 atom stereocenters. The molecule has 1 aromatic heterocycles. The molecule has 3 rings (SSSR count). The second kappa shape index (κ2) is 12.2. The topological polar surface area (TPSA) is 143 Å². The molecule has 0 bridgehead atoms. The van der Waals surface area contributed by atoms with Gasteiger partial charge in [-0.25, -0.2) is 13.1 Å². The molecule has 210 valence electrons. The highest BCUT2D eigenvalue weighted by molar-refractivity contribution is 7.89. The Morgan fingerprint density at radius 2 is 1.77 bits per heavy atom. The Balaban J connectivity index is 1.93. The fourth-order valence-corrected chi connectivity index (χ4v) is 5.76. The molecule has 0 aliphatic carbocycles. The number of hydrogen-bond acceptors (Lipinski definition) is 6. The standard InChI is InChI=1S/C25H26F3N3O6S2/c1-17-15-29-13-12-20(17)18-6-4-7-19(14-18)22(9-5-11-24(32)30-16-38(33,34)35)31-39(36,37)23-10-3-2-8-21(23)25(26,27)28/h2-4,6-8,10,12-15,22,31H,5,9,11,16H2,1H3,(H,30,32)(H,33,34,35)/t22-/m0/s1. The van der Waals surface area contributed by atoms with Gasteiger partial charge in [-0.05, 0) is 66.3 Å². The van der Waals surface area contributed by atoms with E-state index in [4.69, 9.17) is 4.55 Å². The fraction of sp³-hybridized carbons (Fsp3) is 0.280. The van der Waals surface area contributed by atoms with E-state index in [2.05, 4.69) is 9.71 Å². The maximum absolute atomic E-state index is 13.6. The summed E-state index contributed by atoms with van der Waals surface area (Å²) in [4.78, 5) is 15.1. The number of aromatic nitrogens is 1. The van der Waals surface area contributed by atoms with E-state index in [1.165, 1.54) is 6.07 Å². The van der Waals surface area contributed by atoms with Crippen molar-refractivity contribution < 1.29 is 39.4 Å². The molecule has 0 unspecified atom stereocenters. The van der Waals surface area contributed by atoms with Crippen molar-refractivity contribution in [3.05, 3.63) is 83.7 Å². The number of nitrogens with one attached hydrogen (secondary N) is 2. The number of benzene rings is 2. The highest BCUT2D eigenvalue weighted by Crippen LogP contribution is 2.35.